The molecule has 0 fully saturated rings. The van der Waals surface area contributed by atoms with Gasteiger partial charge in [-0.25, -0.2) is 4.79 Å². The lowest BCUT2D eigenvalue weighted by Gasteiger charge is -2.21. The molecule has 0 aromatic heterocycles. The molecule has 0 bridgehead atoms. The SMILES string of the molecule is CC(/C=C/c1c(C(C)C)cc(C(C)C)cc1C(C)C)=C\C=C\C(C)=C\C(=O)O. The Bertz CT molecular complexity index is 771. The summed E-state index contributed by atoms with van der Waals surface area (Å²) in [5.74, 6) is 0.518. The van der Waals surface area contributed by atoms with Crippen LogP contribution in [-0.2, 0) is 4.79 Å². The lowest BCUT2D eigenvalue weighted by atomic mass is 9.84. The Morgan fingerprint density at radius 1 is 0.857 bits per heavy atom. The van der Waals surface area contributed by atoms with Gasteiger partial charge in [-0.05, 0) is 59.4 Å². The van der Waals surface area contributed by atoms with E-state index in [-0.39, 0.29) is 0 Å². The highest BCUT2D eigenvalue weighted by Crippen LogP contribution is 2.33. The van der Waals surface area contributed by atoms with Crippen LogP contribution >= 0.6 is 0 Å². The zero-order chi connectivity index (χ0) is 21.4. The predicted octanol–water partition coefficient (Wildman–Crippen LogP) is 7.60. The van der Waals surface area contributed by atoms with Crippen LogP contribution in [-0.4, -0.2) is 11.1 Å². The van der Waals surface area contributed by atoms with Crippen molar-refractivity contribution in [3.63, 3.8) is 0 Å². The van der Waals surface area contributed by atoms with Gasteiger partial charge in [-0.1, -0.05) is 89.6 Å². The first-order valence-electron chi connectivity index (χ1n) is 10.1. The summed E-state index contributed by atoms with van der Waals surface area (Å²) in [6.07, 6.45) is 11.3. The van der Waals surface area contributed by atoms with E-state index in [0.29, 0.717) is 23.3 Å². The molecule has 1 N–H and O–H groups in total. The highest BCUT2D eigenvalue weighted by molar-refractivity contribution is 5.81. The normalized spacial score (nSPS) is 13.7. The number of carbonyl (C=O) groups is 1. The largest absolute Gasteiger partial charge is 0.478 e. The molecular weight excluding hydrogens is 344 g/mol. The number of benzene rings is 1. The molecule has 1 aromatic carbocycles. The van der Waals surface area contributed by atoms with Gasteiger partial charge in [0.25, 0.3) is 0 Å². The Kier molecular flexibility index (Phi) is 9.18. The summed E-state index contributed by atoms with van der Waals surface area (Å²) in [5, 5.41) is 8.76. The molecule has 0 saturated heterocycles. The number of allylic oxidation sites excluding steroid dienone is 6. The van der Waals surface area contributed by atoms with Crippen molar-refractivity contribution in [2.75, 3.05) is 0 Å². The number of hydrogen-bond acceptors (Lipinski definition) is 1. The first-order valence-corrected chi connectivity index (χ1v) is 10.1. The van der Waals surface area contributed by atoms with Crippen LogP contribution in [0.1, 0.15) is 95.4 Å². The minimum absolute atomic E-state index is 0.462. The third kappa shape index (κ3) is 7.34. The lowest BCUT2D eigenvalue weighted by molar-refractivity contribution is -0.131. The van der Waals surface area contributed by atoms with Crippen LogP contribution in [0.15, 0.2) is 53.7 Å². The maximum absolute atomic E-state index is 10.7. The van der Waals surface area contributed by atoms with E-state index in [9.17, 15) is 4.79 Å². The van der Waals surface area contributed by atoms with Crippen molar-refractivity contribution in [2.45, 2.75) is 73.1 Å². The topological polar surface area (TPSA) is 37.3 Å². The lowest BCUT2D eigenvalue weighted by Crippen LogP contribution is -2.03. The maximum Gasteiger partial charge on any atom is 0.328 e. The molecule has 28 heavy (non-hydrogen) atoms. The van der Waals surface area contributed by atoms with E-state index < -0.39 is 5.97 Å². The molecule has 0 saturated carbocycles. The van der Waals surface area contributed by atoms with E-state index in [1.165, 1.54) is 28.3 Å². The maximum atomic E-state index is 10.7. The third-order valence-electron chi connectivity index (χ3n) is 4.76. The van der Waals surface area contributed by atoms with E-state index in [0.717, 1.165) is 5.57 Å². The van der Waals surface area contributed by atoms with E-state index in [1.807, 2.05) is 18.2 Å². The molecule has 2 nitrogen and oxygen atoms in total. The molecule has 152 valence electrons. The number of carboxylic acids is 1. The van der Waals surface area contributed by atoms with Gasteiger partial charge < -0.3 is 5.11 Å². The minimum atomic E-state index is -0.921. The first kappa shape index (κ1) is 23.7. The summed E-state index contributed by atoms with van der Waals surface area (Å²) in [7, 11) is 0. The molecule has 0 aliphatic carbocycles. The number of rotatable bonds is 8. The van der Waals surface area contributed by atoms with Crippen LogP contribution < -0.4 is 0 Å². The van der Waals surface area contributed by atoms with E-state index in [4.69, 9.17) is 5.11 Å². The van der Waals surface area contributed by atoms with Crippen LogP contribution in [0.4, 0.5) is 0 Å². The van der Waals surface area contributed by atoms with E-state index in [1.54, 1.807) is 6.92 Å². The van der Waals surface area contributed by atoms with Gasteiger partial charge in [0, 0.05) is 6.08 Å². The molecule has 0 heterocycles. The summed E-state index contributed by atoms with van der Waals surface area (Å²) < 4.78 is 0. The Balaban J connectivity index is 3.26. The molecule has 0 aliphatic heterocycles. The summed E-state index contributed by atoms with van der Waals surface area (Å²) in [5.41, 5.74) is 7.36. The van der Waals surface area contributed by atoms with Crippen molar-refractivity contribution in [3.05, 3.63) is 75.9 Å². The fourth-order valence-corrected chi connectivity index (χ4v) is 3.07. The second-order valence-corrected chi connectivity index (χ2v) is 8.41. The molecule has 0 radical (unpaired) electrons. The minimum Gasteiger partial charge on any atom is -0.478 e. The highest BCUT2D eigenvalue weighted by Gasteiger charge is 2.15. The summed E-state index contributed by atoms with van der Waals surface area (Å²) in [6.45, 7) is 17.4. The molecule has 1 aromatic rings. The van der Waals surface area contributed by atoms with Crippen LogP contribution in [0.5, 0.6) is 0 Å². The highest BCUT2D eigenvalue weighted by atomic mass is 16.4. The van der Waals surface area contributed by atoms with Gasteiger partial charge in [0.15, 0.2) is 0 Å². The molecule has 0 amide bonds. The van der Waals surface area contributed by atoms with Crippen molar-refractivity contribution in [2.24, 2.45) is 0 Å². The molecular formula is C26H36O2. The Hall–Kier alpha value is -2.35. The van der Waals surface area contributed by atoms with Crippen molar-refractivity contribution in [1.29, 1.82) is 0 Å². The van der Waals surface area contributed by atoms with Crippen molar-refractivity contribution >= 4 is 12.0 Å². The number of aliphatic carboxylic acids is 1. The Morgan fingerprint density at radius 2 is 1.39 bits per heavy atom. The first-order chi connectivity index (χ1) is 13.0. The predicted molar refractivity (Wildman–Crippen MR) is 122 cm³/mol. The molecule has 0 spiro atoms. The van der Waals surface area contributed by atoms with Crippen LogP contribution in [0, 0.1) is 0 Å². The second-order valence-electron chi connectivity index (χ2n) is 8.41. The number of carboxylic acid groups (broad SMARTS) is 1. The summed E-state index contributed by atoms with van der Waals surface area (Å²) in [4.78, 5) is 10.7. The monoisotopic (exact) mass is 380 g/mol. The zero-order valence-electron chi connectivity index (χ0n) is 18.7. The zero-order valence-corrected chi connectivity index (χ0v) is 18.7. The van der Waals surface area contributed by atoms with Crippen LogP contribution in [0.3, 0.4) is 0 Å². The van der Waals surface area contributed by atoms with Gasteiger partial charge in [-0.2, -0.15) is 0 Å². The molecule has 0 unspecified atom stereocenters. The van der Waals surface area contributed by atoms with E-state index >= 15 is 0 Å². The average Bonchev–Trinajstić information content (AvgIpc) is 2.58. The van der Waals surface area contributed by atoms with Crippen molar-refractivity contribution in [3.8, 4) is 0 Å². The molecule has 0 aliphatic rings. The summed E-state index contributed by atoms with van der Waals surface area (Å²) in [6, 6.07) is 4.72. The third-order valence-corrected chi connectivity index (χ3v) is 4.76. The van der Waals surface area contributed by atoms with Gasteiger partial charge >= 0.3 is 5.97 Å². The van der Waals surface area contributed by atoms with Crippen molar-refractivity contribution < 1.29 is 9.90 Å². The standard InChI is InChI=1S/C26H36O2/c1-17(2)22-15-24(18(3)4)23(25(16-22)19(5)6)13-12-20(7)10-9-11-21(8)14-26(27)28/h9-19H,1-8H3,(H,27,28)/b11-9+,13-12+,20-10+,21-14+. The fourth-order valence-electron chi connectivity index (χ4n) is 3.07. The second kappa shape index (κ2) is 10.8. The number of hydrogen-bond donors (Lipinski definition) is 1. The average molecular weight is 381 g/mol. The van der Waals surface area contributed by atoms with Crippen LogP contribution in [0.25, 0.3) is 6.08 Å². The van der Waals surface area contributed by atoms with Crippen LogP contribution in [0.2, 0.25) is 0 Å². The fraction of sp³-hybridized carbons (Fsp3) is 0.423. The van der Waals surface area contributed by atoms with Crippen molar-refractivity contribution in [1.82, 2.24) is 0 Å². The molecule has 0 atom stereocenters. The smallest absolute Gasteiger partial charge is 0.328 e. The summed E-state index contributed by atoms with van der Waals surface area (Å²) >= 11 is 0. The van der Waals surface area contributed by atoms with Gasteiger partial charge in [-0.3, -0.25) is 0 Å². The molecule has 1 rings (SSSR count). The van der Waals surface area contributed by atoms with Gasteiger partial charge in [-0.15, -0.1) is 0 Å². The van der Waals surface area contributed by atoms with E-state index in [2.05, 4.69) is 72.8 Å². The molecule has 2 heteroatoms. The van der Waals surface area contributed by atoms with Gasteiger partial charge in [0.1, 0.15) is 0 Å². The van der Waals surface area contributed by atoms with Gasteiger partial charge in [0.05, 0.1) is 0 Å². The Morgan fingerprint density at radius 3 is 1.82 bits per heavy atom. The van der Waals surface area contributed by atoms with Gasteiger partial charge in [0.2, 0.25) is 0 Å². The Labute approximate surface area is 171 Å². The quantitative estimate of drug-likeness (QED) is 0.372.